The molecule has 0 saturated heterocycles. The first kappa shape index (κ1) is 11.1. The number of rotatable bonds is 2. The Morgan fingerprint density at radius 3 is 2.76 bits per heavy atom. The van der Waals surface area contributed by atoms with Gasteiger partial charge < -0.3 is 11.1 Å². The van der Waals surface area contributed by atoms with Crippen molar-refractivity contribution in [2.45, 2.75) is 6.54 Å². The number of hydrogen-bond acceptors (Lipinski definition) is 3. The minimum Gasteiger partial charge on any atom is -0.361 e. The fourth-order valence-corrected chi connectivity index (χ4v) is 1.57. The Labute approximate surface area is 97.6 Å². The number of primary amides is 1. The van der Waals surface area contributed by atoms with Crippen LogP contribution in [0.15, 0.2) is 36.5 Å². The number of aromatic nitrogens is 1. The highest BCUT2D eigenvalue weighted by molar-refractivity contribution is 6.34. The van der Waals surface area contributed by atoms with Gasteiger partial charge in [0.2, 0.25) is 0 Å². The lowest BCUT2D eigenvalue weighted by Crippen LogP contribution is -2.35. The second-order valence-electron chi connectivity index (χ2n) is 3.53. The first-order chi connectivity index (χ1) is 8.18. The van der Waals surface area contributed by atoms with Crippen LogP contribution in [0.4, 0.5) is 0 Å². The number of fused-ring (bicyclic) bond motifs is 1. The molecule has 86 valence electrons. The monoisotopic (exact) mass is 229 g/mol. The van der Waals surface area contributed by atoms with Crippen molar-refractivity contribution in [3.8, 4) is 0 Å². The third-order valence-corrected chi connectivity index (χ3v) is 2.40. The van der Waals surface area contributed by atoms with Crippen molar-refractivity contribution < 1.29 is 9.59 Å². The van der Waals surface area contributed by atoms with Gasteiger partial charge in [-0.1, -0.05) is 24.3 Å². The number of hydrogen-bond donors (Lipinski definition) is 2. The standard InChI is InChI=1S/C12H11N3O2/c13-11(16)12(17)15-7-10-9-4-2-1-3-8(9)5-6-14-10/h1-6H,7H2,(H2,13,16)(H,15,17). The highest BCUT2D eigenvalue weighted by Gasteiger charge is 2.09. The number of nitrogens with zero attached hydrogens (tertiary/aromatic N) is 1. The maximum absolute atomic E-state index is 11.0. The van der Waals surface area contributed by atoms with Gasteiger partial charge in [0.1, 0.15) is 0 Å². The van der Waals surface area contributed by atoms with E-state index in [0.717, 1.165) is 10.8 Å². The number of carbonyl (C=O) groups excluding carboxylic acids is 2. The molecule has 5 heteroatoms. The van der Waals surface area contributed by atoms with Gasteiger partial charge in [0.05, 0.1) is 12.2 Å². The van der Waals surface area contributed by atoms with Gasteiger partial charge in [-0.05, 0) is 11.5 Å². The Bertz CT molecular complexity index is 575. The summed E-state index contributed by atoms with van der Waals surface area (Å²) in [6.45, 7) is 0.184. The van der Waals surface area contributed by atoms with Gasteiger partial charge >= 0.3 is 11.8 Å². The van der Waals surface area contributed by atoms with E-state index in [-0.39, 0.29) is 6.54 Å². The van der Waals surface area contributed by atoms with Crippen LogP contribution in [-0.4, -0.2) is 16.8 Å². The summed E-state index contributed by atoms with van der Waals surface area (Å²) in [4.78, 5) is 25.8. The van der Waals surface area contributed by atoms with Crippen LogP contribution in [-0.2, 0) is 16.1 Å². The summed E-state index contributed by atoms with van der Waals surface area (Å²) in [5, 5.41) is 4.39. The maximum atomic E-state index is 11.0. The predicted molar refractivity (Wildman–Crippen MR) is 62.8 cm³/mol. The molecule has 0 radical (unpaired) electrons. The van der Waals surface area contributed by atoms with Gasteiger partial charge in [-0.15, -0.1) is 0 Å². The molecule has 2 amide bonds. The summed E-state index contributed by atoms with van der Waals surface area (Å²) in [5.41, 5.74) is 5.55. The highest BCUT2D eigenvalue weighted by Crippen LogP contribution is 2.15. The molecule has 2 aromatic rings. The fourth-order valence-electron chi connectivity index (χ4n) is 1.57. The van der Waals surface area contributed by atoms with Crippen LogP contribution in [0.2, 0.25) is 0 Å². The van der Waals surface area contributed by atoms with E-state index in [0.29, 0.717) is 5.69 Å². The Balaban J connectivity index is 2.24. The lowest BCUT2D eigenvalue weighted by Gasteiger charge is -2.05. The van der Waals surface area contributed by atoms with Crippen molar-refractivity contribution in [2.24, 2.45) is 5.73 Å². The average molecular weight is 229 g/mol. The summed E-state index contributed by atoms with van der Waals surface area (Å²) in [6.07, 6.45) is 1.66. The van der Waals surface area contributed by atoms with Gasteiger partial charge in [0.15, 0.2) is 0 Å². The Morgan fingerprint density at radius 2 is 2.00 bits per heavy atom. The van der Waals surface area contributed by atoms with Crippen molar-refractivity contribution in [1.29, 1.82) is 0 Å². The van der Waals surface area contributed by atoms with Crippen LogP contribution in [0, 0.1) is 0 Å². The molecule has 1 heterocycles. The number of nitrogens with two attached hydrogens (primary N) is 1. The summed E-state index contributed by atoms with van der Waals surface area (Å²) < 4.78 is 0. The minimum absolute atomic E-state index is 0.184. The van der Waals surface area contributed by atoms with Crippen LogP contribution in [0.3, 0.4) is 0 Å². The fraction of sp³-hybridized carbons (Fsp3) is 0.0833. The SMILES string of the molecule is NC(=O)C(=O)NCc1nccc2ccccc12. The molecular weight excluding hydrogens is 218 g/mol. The van der Waals surface area contributed by atoms with Crippen LogP contribution in [0.25, 0.3) is 10.8 Å². The molecule has 0 spiro atoms. The third-order valence-electron chi connectivity index (χ3n) is 2.40. The van der Waals surface area contributed by atoms with Crippen molar-refractivity contribution in [3.05, 3.63) is 42.2 Å². The van der Waals surface area contributed by atoms with Gasteiger partial charge in [-0.25, -0.2) is 0 Å². The lowest BCUT2D eigenvalue weighted by molar-refractivity contribution is -0.137. The van der Waals surface area contributed by atoms with E-state index in [1.165, 1.54) is 0 Å². The smallest absolute Gasteiger partial charge is 0.309 e. The van der Waals surface area contributed by atoms with Crippen molar-refractivity contribution in [3.63, 3.8) is 0 Å². The van der Waals surface area contributed by atoms with Crippen molar-refractivity contribution >= 4 is 22.6 Å². The van der Waals surface area contributed by atoms with Gasteiger partial charge in [-0.3, -0.25) is 14.6 Å². The molecule has 0 aliphatic heterocycles. The topological polar surface area (TPSA) is 85.1 Å². The van der Waals surface area contributed by atoms with E-state index in [1.807, 2.05) is 30.3 Å². The predicted octanol–water partition coefficient (Wildman–Crippen LogP) is 0.336. The number of pyridine rings is 1. The van der Waals surface area contributed by atoms with E-state index >= 15 is 0 Å². The van der Waals surface area contributed by atoms with Crippen LogP contribution in [0.5, 0.6) is 0 Å². The summed E-state index contributed by atoms with van der Waals surface area (Å²) in [5.74, 6) is -1.80. The van der Waals surface area contributed by atoms with E-state index in [9.17, 15) is 9.59 Å². The third kappa shape index (κ3) is 2.39. The zero-order valence-corrected chi connectivity index (χ0v) is 9.01. The zero-order chi connectivity index (χ0) is 12.3. The molecular formula is C12H11N3O2. The van der Waals surface area contributed by atoms with E-state index < -0.39 is 11.8 Å². The van der Waals surface area contributed by atoms with Crippen LogP contribution in [0.1, 0.15) is 5.69 Å². The van der Waals surface area contributed by atoms with Gasteiger partial charge in [0.25, 0.3) is 0 Å². The molecule has 0 saturated carbocycles. The van der Waals surface area contributed by atoms with Crippen molar-refractivity contribution in [2.75, 3.05) is 0 Å². The quantitative estimate of drug-likeness (QED) is 0.728. The molecule has 0 bridgehead atoms. The zero-order valence-electron chi connectivity index (χ0n) is 9.01. The molecule has 1 aromatic heterocycles. The second kappa shape index (κ2) is 4.61. The Hall–Kier alpha value is -2.43. The van der Waals surface area contributed by atoms with Gasteiger partial charge in [0, 0.05) is 11.6 Å². The molecule has 2 rings (SSSR count). The average Bonchev–Trinajstić information content (AvgIpc) is 2.35. The minimum atomic E-state index is -0.995. The summed E-state index contributed by atoms with van der Waals surface area (Å²) >= 11 is 0. The van der Waals surface area contributed by atoms with E-state index in [2.05, 4.69) is 10.3 Å². The molecule has 1 aromatic carbocycles. The molecule has 0 aliphatic rings. The molecule has 0 fully saturated rings. The van der Waals surface area contributed by atoms with E-state index in [1.54, 1.807) is 6.20 Å². The van der Waals surface area contributed by atoms with Crippen LogP contribution < -0.4 is 11.1 Å². The highest BCUT2D eigenvalue weighted by atomic mass is 16.2. The van der Waals surface area contributed by atoms with Crippen LogP contribution >= 0.6 is 0 Å². The Kier molecular flexibility index (Phi) is 3.00. The molecule has 3 N–H and O–H groups in total. The number of nitrogens with one attached hydrogen (secondary N) is 1. The first-order valence-electron chi connectivity index (χ1n) is 5.09. The maximum Gasteiger partial charge on any atom is 0.309 e. The van der Waals surface area contributed by atoms with Gasteiger partial charge in [-0.2, -0.15) is 0 Å². The molecule has 5 nitrogen and oxygen atoms in total. The Morgan fingerprint density at radius 1 is 1.24 bits per heavy atom. The second-order valence-corrected chi connectivity index (χ2v) is 3.53. The number of benzene rings is 1. The molecule has 0 aliphatic carbocycles. The number of amides is 2. The molecule has 0 atom stereocenters. The molecule has 0 unspecified atom stereocenters. The first-order valence-corrected chi connectivity index (χ1v) is 5.09. The largest absolute Gasteiger partial charge is 0.361 e. The molecule has 17 heavy (non-hydrogen) atoms. The number of carbonyl (C=O) groups is 2. The van der Waals surface area contributed by atoms with E-state index in [4.69, 9.17) is 5.73 Å². The lowest BCUT2D eigenvalue weighted by atomic mass is 10.1. The summed E-state index contributed by atoms with van der Waals surface area (Å²) in [6, 6.07) is 9.57. The summed E-state index contributed by atoms with van der Waals surface area (Å²) in [7, 11) is 0. The van der Waals surface area contributed by atoms with Crippen molar-refractivity contribution in [1.82, 2.24) is 10.3 Å². The normalized spacial score (nSPS) is 10.1.